The van der Waals surface area contributed by atoms with Gasteiger partial charge in [0.1, 0.15) is 0 Å². The van der Waals surface area contributed by atoms with E-state index in [9.17, 15) is 10.2 Å². The van der Waals surface area contributed by atoms with E-state index in [4.69, 9.17) is 4.74 Å². The Morgan fingerprint density at radius 1 is 1.33 bits per heavy atom. The highest BCUT2D eigenvalue weighted by Crippen LogP contribution is 2.25. The van der Waals surface area contributed by atoms with Gasteiger partial charge in [-0.3, -0.25) is 0 Å². The van der Waals surface area contributed by atoms with Crippen LogP contribution in [0.4, 0.5) is 0 Å². The Kier molecular flexibility index (Phi) is 4.56. The number of hydrogen-bond acceptors (Lipinski definition) is 3. The quantitative estimate of drug-likeness (QED) is 0.752. The van der Waals surface area contributed by atoms with Crippen molar-refractivity contribution in [1.82, 2.24) is 0 Å². The van der Waals surface area contributed by atoms with E-state index in [1.807, 2.05) is 20.8 Å². The first-order valence-corrected chi connectivity index (χ1v) is 5.89. The van der Waals surface area contributed by atoms with Crippen molar-refractivity contribution in [3.05, 3.63) is 0 Å². The number of hydrogen-bond donors (Lipinski definition) is 2. The SMILES string of the molecule is CC(C)(C)C(O)C(O)CCC1CCCO1. The number of ether oxygens (including phenoxy) is 1. The molecule has 1 rings (SSSR count). The maximum atomic E-state index is 9.84. The average molecular weight is 216 g/mol. The van der Waals surface area contributed by atoms with Gasteiger partial charge >= 0.3 is 0 Å². The lowest BCUT2D eigenvalue weighted by Crippen LogP contribution is -2.38. The number of aliphatic hydroxyl groups is 2. The third kappa shape index (κ3) is 4.09. The van der Waals surface area contributed by atoms with E-state index in [-0.39, 0.29) is 5.41 Å². The smallest absolute Gasteiger partial charge is 0.0847 e. The van der Waals surface area contributed by atoms with Crippen molar-refractivity contribution >= 4 is 0 Å². The summed E-state index contributed by atoms with van der Waals surface area (Å²) in [6, 6.07) is 0. The second-order valence-corrected chi connectivity index (χ2v) is 5.59. The molecule has 1 aliphatic rings. The lowest BCUT2D eigenvalue weighted by atomic mass is 9.84. The van der Waals surface area contributed by atoms with Gasteiger partial charge < -0.3 is 14.9 Å². The Morgan fingerprint density at radius 3 is 2.47 bits per heavy atom. The standard InChI is InChI=1S/C12H24O3/c1-12(2,3)11(14)10(13)7-6-9-5-4-8-15-9/h9-11,13-14H,4-8H2,1-3H3. The van der Waals surface area contributed by atoms with Crippen LogP contribution in [0.25, 0.3) is 0 Å². The van der Waals surface area contributed by atoms with Crippen LogP contribution >= 0.6 is 0 Å². The van der Waals surface area contributed by atoms with Gasteiger partial charge in [-0.15, -0.1) is 0 Å². The molecule has 0 aromatic heterocycles. The van der Waals surface area contributed by atoms with Crippen molar-refractivity contribution in [2.45, 2.75) is 64.8 Å². The Balaban J connectivity index is 2.25. The minimum absolute atomic E-state index is 0.254. The summed E-state index contributed by atoms with van der Waals surface area (Å²) in [7, 11) is 0. The highest BCUT2D eigenvalue weighted by atomic mass is 16.5. The summed E-state index contributed by atoms with van der Waals surface area (Å²) < 4.78 is 5.48. The van der Waals surface area contributed by atoms with Gasteiger partial charge in [-0.1, -0.05) is 20.8 Å². The van der Waals surface area contributed by atoms with Crippen molar-refractivity contribution in [2.24, 2.45) is 5.41 Å². The van der Waals surface area contributed by atoms with Crippen LogP contribution in [-0.4, -0.2) is 35.1 Å². The van der Waals surface area contributed by atoms with Crippen molar-refractivity contribution in [3.63, 3.8) is 0 Å². The van der Waals surface area contributed by atoms with Gasteiger partial charge in [0.2, 0.25) is 0 Å². The van der Waals surface area contributed by atoms with E-state index >= 15 is 0 Å². The fraction of sp³-hybridized carbons (Fsp3) is 1.00. The molecule has 1 heterocycles. The van der Waals surface area contributed by atoms with E-state index < -0.39 is 12.2 Å². The molecule has 0 aliphatic carbocycles. The van der Waals surface area contributed by atoms with Gasteiger partial charge in [-0.05, 0) is 31.1 Å². The molecule has 1 fully saturated rings. The molecule has 3 unspecified atom stereocenters. The van der Waals surface area contributed by atoms with E-state index in [2.05, 4.69) is 0 Å². The normalized spacial score (nSPS) is 26.6. The average Bonchev–Trinajstić information content (AvgIpc) is 2.63. The first-order chi connectivity index (χ1) is 6.91. The van der Waals surface area contributed by atoms with Crippen LogP contribution in [0.15, 0.2) is 0 Å². The first kappa shape index (κ1) is 12.9. The van der Waals surface area contributed by atoms with Crippen LogP contribution in [0, 0.1) is 5.41 Å². The molecule has 2 N–H and O–H groups in total. The van der Waals surface area contributed by atoms with Gasteiger partial charge in [0, 0.05) is 6.61 Å². The van der Waals surface area contributed by atoms with Gasteiger partial charge in [0.15, 0.2) is 0 Å². The summed E-state index contributed by atoms with van der Waals surface area (Å²) in [5.74, 6) is 0. The highest BCUT2D eigenvalue weighted by Gasteiger charge is 2.29. The minimum atomic E-state index is -0.654. The van der Waals surface area contributed by atoms with Gasteiger partial charge in [0.05, 0.1) is 18.3 Å². The summed E-state index contributed by atoms with van der Waals surface area (Å²) in [5.41, 5.74) is -0.254. The molecule has 1 aliphatic heterocycles. The fourth-order valence-electron chi connectivity index (χ4n) is 1.96. The number of rotatable bonds is 4. The van der Waals surface area contributed by atoms with Crippen molar-refractivity contribution in [1.29, 1.82) is 0 Å². The van der Waals surface area contributed by atoms with Crippen LogP contribution in [0.1, 0.15) is 46.5 Å². The molecule has 0 spiro atoms. The Morgan fingerprint density at radius 2 is 2.00 bits per heavy atom. The predicted octanol–water partition coefficient (Wildman–Crippen LogP) is 1.71. The molecule has 3 nitrogen and oxygen atoms in total. The topological polar surface area (TPSA) is 49.7 Å². The molecule has 90 valence electrons. The Bertz CT molecular complexity index is 180. The lowest BCUT2D eigenvalue weighted by molar-refractivity contribution is -0.0526. The van der Waals surface area contributed by atoms with Crippen molar-refractivity contribution in [2.75, 3.05) is 6.61 Å². The van der Waals surface area contributed by atoms with E-state index in [0.29, 0.717) is 12.5 Å². The zero-order chi connectivity index (χ0) is 11.5. The Hall–Kier alpha value is -0.120. The summed E-state index contributed by atoms with van der Waals surface area (Å²) in [5, 5.41) is 19.6. The molecule has 3 atom stereocenters. The van der Waals surface area contributed by atoms with Crippen LogP contribution in [0.3, 0.4) is 0 Å². The molecule has 0 saturated carbocycles. The summed E-state index contributed by atoms with van der Waals surface area (Å²) in [6.45, 7) is 6.66. The number of aliphatic hydroxyl groups excluding tert-OH is 2. The molecule has 15 heavy (non-hydrogen) atoms. The third-order valence-electron chi connectivity index (χ3n) is 3.06. The summed E-state index contributed by atoms with van der Waals surface area (Å²) >= 11 is 0. The van der Waals surface area contributed by atoms with Crippen molar-refractivity contribution < 1.29 is 14.9 Å². The van der Waals surface area contributed by atoms with Crippen LogP contribution in [-0.2, 0) is 4.74 Å². The fourth-order valence-corrected chi connectivity index (χ4v) is 1.96. The molecule has 0 amide bonds. The third-order valence-corrected chi connectivity index (χ3v) is 3.06. The molecule has 3 heteroatoms. The molecule has 0 aromatic rings. The summed E-state index contributed by atoms with van der Waals surface area (Å²) in [4.78, 5) is 0. The van der Waals surface area contributed by atoms with Gasteiger partial charge in [0.25, 0.3) is 0 Å². The second kappa shape index (κ2) is 5.28. The summed E-state index contributed by atoms with van der Waals surface area (Å²) in [6.07, 6.45) is 2.72. The molecular weight excluding hydrogens is 192 g/mol. The molecule has 0 bridgehead atoms. The highest BCUT2D eigenvalue weighted by molar-refractivity contribution is 4.80. The maximum absolute atomic E-state index is 9.84. The van der Waals surface area contributed by atoms with Crippen LogP contribution < -0.4 is 0 Å². The zero-order valence-corrected chi connectivity index (χ0v) is 10.1. The largest absolute Gasteiger partial charge is 0.390 e. The lowest BCUT2D eigenvalue weighted by Gasteiger charge is -2.30. The molecule has 1 saturated heterocycles. The molecule has 0 aromatic carbocycles. The van der Waals surface area contributed by atoms with Gasteiger partial charge in [-0.2, -0.15) is 0 Å². The second-order valence-electron chi connectivity index (χ2n) is 5.59. The molecule has 0 radical (unpaired) electrons. The van der Waals surface area contributed by atoms with Crippen molar-refractivity contribution in [3.8, 4) is 0 Å². The maximum Gasteiger partial charge on any atom is 0.0847 e. The van der Waals surface area contributed by atoms with E-state index in [1.165, 1.54) is 0 Å². The van der Waals surface area contributed by atoms with Crippen LogP contribution in [0.5, 0.6) is 0 Å². The van der Waals surface area contributed by atoms with E-state index in [1.54, 1.807) is 0 Å². The Labute approximate surface area is 92.4 Å². The monoisotopic (exact) mass is 216 g/mol. The first-order valence-electron chi connectivity index (χ1n) is 5.89. The van der Waals surface area contributed by atoms with Crippen LogP contribution in [0.2, 0.25) is 0 Å². The van der Waals surface area contributed by atoms with E-state index in [0.717, 1.165) is 25.9 Å². The zero-order valence-electron chi connectivity index (χ0n) is 10.1. The van der Waals surface area contributed by atoms with Gasteiger partial charge in [-0.25, -0.2) is 0 Å². The molecular formula is C12H24O3. The predicted molar refractivity (Wildman–Crippen MR) is 59.7 cm³/mol. The minimum Gasteiger partial charge on any atom is -0.390 e.